The van der Waals surface area contributed by atoms with E-state index in [1.807, 2.05) is 4.57 Å². The molecule has 4 rings (SSSR count). The molecule has 5 heteroatoms. The Morgan fingerprint density at radius 2 is 1.89 bits per heavy atom. The fourth-order valence-corrected chi connectivity index (χ4v) is 5.25. The Morgan fingerprint density at radius 3 is 2.61 bits per heavy atom. The van der Waals surface area contributed by atoms with E-state index in [-0.39, 0.29) is 17.4 Å². The van der Waals surface area contributed by atoms with Crippen molar-refractivity contribution in [3.63, 3.8) is 0 Å². The molecule has 1 aromatic carbocycles. The smallest absolute Gasteiger partial charge is 0.356 e. The van der Waals surface area contributed by atoms with Crippen molar-refractivity contribution in [3.05, 3.63) is 53.6 Å². The van der Waals surface area contributed by atoms with E-state index in [1.165, 1.54) is 50.3 Å². The molecule has 0 radical (unpaired) electrons. The van der Waals surface area contributed by atoms with Crippen LogP contribution in [0.4, 0.5) is 0 Å². The first-order valence-electron chi connectivity index (χ1n) is 10.5. The number of hydrogen-bond acceptors (Lipinski definition) is 4. The van der Waals surface area contributed by atoms with Crippen LogP contribution in [0.25, 0.3) is 0 Å². The highest BCUT2D eigenvalue weighted by Crippen LogP contribution is 2.50. The molecule has 150 valence electrons. The molecule has 1 aromatic heterocycles. The fraction of sp³-hybridized carbons (Fsp3) is 0.565. The van der Waals surface area contributed by atoms with Gasteiger partial charge in [-0.1, -0.05) is 57.4 Å². The molecule has 0 spiro atoms. The van der Waals surface area contributed by atoms with Gasteiger partial charge in [-0.05, 0) is 35.8 Å². The number of imidazole rings is 1. The Balaban J connectivity index is 1.73. The van der Waals surface area contributed by atoms with Crippen molar-refractivity contribution in [2.24, 2.45) is 5.41 Å². The lowest BCUT2D eigenvalue weighted by Crippen LogP contribution is -2.43. The molecule has 0 amide bonds. The molecule has 2 atom stereocenters. The van der Waals surface area contributed by atoms with Gasteiger partial charge in [0.1, 0.15) is 5.69 Å². The molecule has 2 aromatic rings. The number of nitrogens with zero attached hydrogens (tertiary/aromatic N) is 2. The Bertz CT molecular complexity index is 836. The van der Waals surface area contributed by atoms with E-state index < -0.39 is 0 Å². The van der Waals surface area contributed by atoms with Gasteiger partial charge in [-0.15, -0.1) is 0 Å². The average molecular weight is 382 g/mol. The average Bonchev–Trinajstić information content (AvgIpc) is 3.16. The first-order chi connectivity index (χ1) is 13.5. The van der Waals surface area contributed by atoms with Crippen LogP contribution in [0.2, 0.25) is 0 Å². The lowest BCUT2D eigenvalue weighted by molar-refractivity contribution is 0.0579. The van der Waals surface area contributed by atoms with Gasteiger partial charge in [-0.3, -0.25) is 0 Å². The highest BCUT2D eigenvalue weighted by molar-refractivity contribution is 5.87. The molecule has 5 nitrogen and oxygen atoms in total. The van der Waals surface area contributed by atoms with Crippen LogP contribution < -0.4 is 5.32 Å². The number of hydrogen-bond donors (Lipinski definition) is 1. The second-order valence-corrected chi connectivity index (χ2v) is 8.96. The fourth-order valence-electron chi connectivity index (χ4n) is 5.25. The summed E-state index contributed by atoms with van der Waals surface area (Å²) in [5.41, 5.74) is 3.09. The molecule has 2 aliphatic rings. The van der Waals surface area contributed by atoms with Crippen molar-refractivity contribution in [2.75, 3.05) is 7.11 Å². The Morgan fingerprint density at radius 1 is 1.18 bits per heavy atom. The molecular formula is C23H31N3O2. The van der Waals surface area contributed by atoms with Gasteiger partial charge < -0.3 is 14.6 Å². The van der Waals surface area contributed by atoms with Crippen molar-refractivity contribution < 1.29 is 9.53 Å². The summed E-state index contributed by atoms with van der Waals surface area (Å²) in [6.07, 6.45) is 11.0. The van der Waals surface area contributed by atoms with Gasteiger partial charge in [0.05, 0.1) is 25.7 Å². The Kier molecular flexibility index (Phi) is 5.28. The minimum absolute atomic E-state index is 0.0375. The third-order valence-electron chi connectivity index (χ3n) is 6.52. The number of carbonyl (C=O) groups excluding carboxylic acids is 1. The number of methoxy groups -OCH3 is 1. The topological polar surface area (TPSA) is 56.1 Å². The molecule has 1 fully saturated rings. The predicted molar refractivity (Wildman–Crippen MR) is 109 cm³/mol. The highest BCUT2D eigenvalue weighted by atomic mass is 16.5. The van der Waals surface area contributed by atoms with E-state index in [1.54, 1.807) is 12.5 Å². The summed E-state index contributed by atoms with van der Waals surface area (Å²) in [5.74, 6) is -0.340. The first kappa shape index (κ1) is 19.2. The Hall–Kier alpha value is -2.14. The summed E-state index contributed by atoms with van der Waals surface area (Å²) < 4.78 is 6.99. The minimum Gasteiger partial charge on any atom is -0.464 e. The summed E-state index contributed by atoms with van der Waals surface area (Å²) in [4.78, 5) is 16.6. The molecule has 0 bridgehead atoms. The zero-order valence-corrected chi connectivity index (χ0v) is 17.1. The molecule has 0 aliphatic heterocycles. The maximum atomic E-state index is 12.3. The van der Waals surface area contributed by atoms with Crippen LogP contribution in [0.3, 0.4) is 0 Å². The lowest BCUT2D eigenvalue weighted by atomic mass is 9.67. The Labute approximate surface area is 167 Å². The molecular weight excluding hydrogens is 350 g/mol. The standard InChI is InChI=1S/C23H31N3O2/c1-23(2)13-19(25-16-9-5-4-6-10-16)17-11-7-8-12-18(17)21(23)26-15-24-14-20(26)22(27)28-3/h7-8,11-12,14-16,19,21,25H,4-6,9-10,13H2,1-3H3. The van der Waals surface area contributed by atoms with Crippen molar-refractivity contribution in [2.45, 2.75) is 70.5 Å². The van der Waals surface area contributed by atoms with Crippen LogP contribution in [0.5, 0.6) is 0 Å². The van der Waals surface area contributed by atoms with Gasteiger partial charge in [0, 0.05) is 12.1 Å². The second-order valence-electron chi connectivity index (χ2n) is 8.96. The number of esters is 1. The number of benzene rings is 1. The van der Waals surface area contributed by atoms with Gasteiger partial charge in [0.25, 0.3) is 0 Å². The van der Waals surface area contributed by atoms with Crippen LogP contribution in [-0.4, -0.2) is 28.7 Å². The number of nitrogens with one attached hydrogen (secondary N) is 1. The van der Waals surface area contributed by atoms with Crippen molar-refractivity contribution >= 4 is 5.97 Å². The summed E-state index contributed by atoms with van der Waals surface area (Å²) in [5, 5.41) is 3.97. The summed E-state index contributed by atoms with van der Waals surface area (Å²) >= 11 is 0. The van der Waals surface area contributed by atoms with E-state index in [9.17, 15) is 4.79 Å². The predicted octanol–water partition coefficient (Wildman–Crippen LogP) is 4.65. The van der Waals surface area contributed by atoms with Crippen molar-refractivity contribution in [3.8, 4) is 0 Å². The van der Waals surface area contributed by atoms with Crippen LogP contribution in [0, 0.1) is 5.41 Å². The van der Waals surface area contributed by atoms with Gasteiger partial charge in [0.2, 0.25) is 0 Å². The molecule has 0 saturated heterocycles. The van der Waals surface area contributed by atoms with E-state index in [2.05, 4.69) is 48.4 Å². The maximum Gasteiger partial charge on any atom is 0.356 e. The molecule has 1 heterocycles. The van der Waals surface area contributed by atoms with Crippen LogP contribution in [0.15, 0.2) is 36.8 Å². The molecule has 2 aliphatic carbocycles. The van der Waals surface area contributed by atoms with Gasteiger partial charge >= 0.3 is 5.97 Å². The number of carbonyl (C=O) groups is 1. The van der Waals surface area contributed by atoms with Crippen molar-refractivity contribution in [1.29, 1.82) is 0 Å². The van der Waals surface area contributed by atoms with Crippen LogP contribution >= 0.6 is 0 Å². The van der Waals surface area contributed by atoms with Crippen LogP contribution in [0.1, 0.15) is 86.1 Å². The third kappa shape index (κ3) is 3.48. The largest absolute Gasteiger partial charge is 0.464 e. The zero-order chi connectivity index (χ0) is 19.7. The summed E-state index contributed by atoms with van der Waals surface area (Å²) in [6.45, 7) is 4.59. The van der Waals surface area contributed by atoms with Crippen molar-refractivity contribution in [1.82, 2.24) is 14.9 Å². The molecule has 28 heavy (non-hydrogen) atoms. The van der Waals surface area contributed by atoms with E-state index in [0.29, 0.717) is 17.8 Å². The molecule has 1 saturated carbocycles. The monoisotopic (exact) mass is 381 g/mol. The lowest BCUT2D eigenvalue weighted by Gasteiger charge is -2.46. The summed E-state index contributed by atoms with van der Waals surface area (Å²) in [6, 6.07) is 9.67. The highest BCUT2D eigenvalue weighted by Gasteiger charge is 2.43. The van der Waals surface area contributed by atoms with E-state index in [0.717, 1.165) is 6.42 Å². The van der Waals surface area contributed by atoms with Crippen LogP contribution in [-0.2, 0) is 4.74 Å². The van der Waals surface area contributed by atoms with Gasteiger partial charge in [-0.2, -0.15) is 0 Å². The maximum absolute atomic E-state index is 12.3. The number of rotatable bonds is 4. The van der Waals surface area contributed by atoms with Gasteiger partial charge in [-0.25, -0.2) is 9.78 Å². The SMILES string of the molecule is COC(=O)c1cncn1C1c2ccccc2C(NC2CCCCC2)CC1(C)C. The quantitative estimate of drug-likeness (QED) is 0.783. The second kappa shape index (κ2) is 7.70. The van der Waals surface area contributed by atoms with E-state index in [4.69, 9.17) is 4.74 Å². The third-order valence-corrected chi connectivity index (χ3v) is 6.52. The summed E-state index contributed by atoms with van der Waals surface area (Å²) in [7, 11) is 1.42. The van der Waals surface area contributed by atoms with Gasteiger partial charge in [0.15, 0.2) is 0 Å². The minimum atomic E-state index is -0.340. The first-order valence-corrected chi connectivity index (χ1v) is 10.5. The zero-order valence-electron chi connectivity index (χ0n) is 17.1. The molecule has 1 N–H and O–H groups in total. The number of aromatic nitrogens is 2. The van der Waals surface area contributed by atoms with E-state index >= 15 is 0 Å². The number of ether oxygens (including phenoxy) is 1. The normalized spacial score (nSPS) is 24.5. The number of fused-ring (bicyclic) bond motifs is 1. The molecule has 2 unspecified atom stereocenters.